The number of hydrogen-bond acceptors (Lipinski definition) is 3. The summed E-state index contributed by atoms with van der Waals surface area (Å²) >= 11 is 0. The van der Waals surface area contributed by atoms with Crippen LogP contribution < -0.4 is 5.32 Å². The molecule has 1 aliphatic rings. The van der Waals surface area contributed by atoms with Crippen LogP contribution >= 0.6 is 0 Å². The summed E-state index contributed by atoms with van der Waals surface area (Å²) in [5, 5.41) is 12.3. The number of hydrogen-bond donors (Lipinski definition) is 2. The highest BCUT2D eigenvalue weighted by molar-refractivity contribution is 5.83. The molecule has 0 bridgehead atoms. The monoisotopic (exact) mass is 286 g/mol. The van der Waals surface area contributed by atoms with E-state index in [1.807, 2.05) is 20.8 Å². The largest absolute Gasteiger partial charge is 0.480 e. The van der Waals surface area contributed by atoms with Crippen LogP contribution in [-0.2, 0) is 9.53 Å². The lowest BCUT2D eigenvalue weighted by Gasteiger charge is -2.44. The van der Waals surface area contributed by atoms with E-state index in [2.05, 4.69) is 5.32 Å². The number of piperidine rings is 1. The number of ether oxygens (including phenoxy) is 1. The highest BCUT2D eigenvalue weighted by Gasteiger charge is 2.44. The summed E-state index contributed by atoms with van der Waals surface area (Å²) in [4.78, 5) is 25.3. The zero-order valence-corrected chi connectivity index (χ0v) is 12.8. The van der Waals surface area contributed by atoms with Crippen molar-refractivity contribution >= 4 is 12.0 Å². The fraction of sp³-hybridized carbons (Fsp3) is 0.857. The van der Waals surface area contributed by atoms with Crippen LogP contribution in [0, 0.1) is 5.41 Å². The molecule has 0 spiro atoms. The maximum atomic E-state index is 12.3. The average molecular weight is 286 g/mol. The van der Waals surface area contributed by atoms with Gasteiger partial charge in [-0.1, -0.05) is 20.8 Å². The number of aliphatic carboxylic acids is 1. The summed E-state index contributed by atoms with van der Waals surface area (Å²) in [6.07, 6.45) is 2.38. The van der Waals surface area contributed by atoms with Crippen molar-refractivity contribution in [2.75, 3.05) is 20.3 Å². The zero-order valence-electron chi connectivity index (χ0n) is 12.8. The summed E-state index contributed by atoms with van der Waals surface area (Å²) in [5.74, 6) is -0.940. The minimum Gasteiger partial charge on any atom is -0.480 e. The van der Waals surface area contributed by atoms with Crippen molar-refractivity contribution in [3.8, 4) is 0 Å². The lowest BCUT2D eigenvalue weighted by Crippen LogP contribution is -2.60. The van der Waals surface area contributed by atoms with E-state index in [0.29, 0.717) is 13.2 Å². The molecule has 0 radical (unpaired) electrons. The van der Waals surface area contributed by atoms with Crippen molar-refractivity contribution in [3.63, 3.8) is 0 Å². The van der Waals surface area contributed by atoms with Crippen molar-refractivity contribution < 1.29 is 19.4 Å². The number of carboxylic acids is 1. The number of urea groups is 1. The van der Waals surface area contributed by atoms with Crippen LogP contribution in [0.2, 0.25) is 0 Å². The molecule has 0 aliphatic carbocycles. The number of rotatable bonds is 5. The van der Waals surface area contributed by atoms with Crippen LogP contribution in [-0.4, -0.2) is 54.4 Å². The number of amides is 2. The Bertz CT molecular complexity index is 357. The highest BCUT2D eigenvalue weighted by Crippen LogP contribution is 2.35. The molecule has 2 atom stereocenters. The Balaban J connectivity index is 2.81. The fourth-order valence-corrected chi connectivity index (χ4v) is 2.80. The summed E-state index contributed by atoms with van der Waals surface area (Å²) in [7, 11) is 1.58. The van der Waals surface area contributed by atoms with Gasteiger partial charge >= 0.3 is 12.0 Å². The van der Waals surface area contributed by atoms with Crippen LogP contribution in [0.4, 0.5) is 4.79 Å². The Hall–Kier alpha value is -1.30. The molecule has 0 aromatic heterocycles. The molecule has 1 aliphatic heterocycles. The summed E-state index contributed by atoms with van der Waals surface area (Å²) in [6, 6.07) is -1.18. The standard InChI is InChI=1S/C14H26N2O4/c1-5-10(9-20-4)15-13(19)16-8-6-7-14(2,3)11(16)12(17)18/h10-11H,5-9H2,1-4H3,(H,15,19)(H,17,18). The first-order valence-corrected chi connectivity index (χ1v) is 7.12. The topological polar surface area (TPSA) is 78.9 Å². The van der Waals surface area contributed by atoms with Gasteiger partial charge in [0.05, 0.1) is 12.6 Å². The third kappa shape index (κ3) is 3.85. The number of nitrogens with one attached hydrogen (secondary N) is 1. The third-order valence-electron chi connectivity index (χ3n) is 3.96. The van der Waals surface area contributed by atoms with E-state index in [1.54, 1.807) is 7.11 Å². The Kier molecular flexibility index (Phi) is 5.80. The van der Waals surface area contributed by atoms with Crippen LogP contribution in [0.3, 0.4) is 0 Å². The zero-order chi connectivity index (χ0) is 15.3. The van der Waals surface area contributed by atoms with Gasteiger partial charge in [-0.2, -0.15) is 0 Å². The van der Waals surface area contributed by atoms with Gasteiger partial charge in [-0.3, -0.25) is 0 Å². The van der Waals surface area contributed by atoms with Crippen LogP contribution in [0.15, 0.2) is 0 Å². The van der Waals surface area contributed by atoms with Crippen molar-refractivity contribution in [2.24, 2.45) is 5.41 Å². The molecule has 20 heavy (non-hydrogen) atoms. The molecular weight excluding hydrogens is 260 g/mol. The van der Waals surface area contributed by atoms with E-state index in [-0.39, 0.29) is 12.1 Å². The first-order chi connectivity index (χ1) is 9.33. The molecule has 1 fully saturated rings. The Morgan fingerprint density at radius 1 is 1.50 bits per heavy atom. The van der Waals surface area contributed by atoms with Gasteiger partial charge in [-0.05, 0) is 24.7 Å². The molecule has 1 rings (SSSR count). The number of nitrogens with zero attached hydrogens (tertiary/aromatic N) is 1. The lowest BCUT2D eigenvalue weighted by atomic mass is 9.76. The van der Waals surface area contributed by atoms with Crippen LogP contribution in [0.1, 0.15) is 40.0 Å². The molecule has 2 amide bonds. The van der Waals surface area contributed by atoms with Crippen molar-refractivity contribution in [1.29, 1.82) is 0 Å². The summed E-state index contributed by atoms with van der Waals surface area (Å²) in [6.45, 7) is 6.67. The highest BCUT2D eigenvalue weighted by atomic mass is 16.5. The number of carbonyl (C=O) groups excluding carboxylic acids is 1. The molecule has 2 N–H and O–H groups in total. The number of methoxy groups -OCH3 is 1. The van der Waals surface area contributed by atoms with Crippen LogP contribution in [0.5, 0.6) is 0 Å². The van der Waals surface area contributed by atoms with Gasteiger partial charge < -0.3 is 20.1 Å². The van der Waals surface area contributed by atoms with Gasteiger partial charge in [-0.15, -0.1) is 0 Å². The Morgan fingerprint density at radius 3 is 2.65 bits per heavy atom. The summed E-state index contributed by atoms with van der Waals surface area (Å²) < 4.78 is 5.05. The number of carbonyl (C=O) groups is 2. The lowest BCUT2D eigenvalue weighted by molar-refractivity contribution is -0.148. The second kappa shape index (κ2) is 6.92. The van der Waals surface area contributed by atoms with Crippen molar-refractivity contribution in [1.82, 2.24) is 10.2 Å². The first kappa shape index (κ1) is 16.8. The van der Waals surface area contributed by atoms with E-state index in [0.717, 1.165) is 19.3 Å². The Morgan fingerprint density at radius 2 is 2.15 bits per heavy atom. The second-order valence-electron chi connectivity index (χ2n) is 6.04. The van der Waals surface area contributed by atoms with Crippen LogP contribution in [0.25, 0.3) is 0 Å². The molecule has 1 heterocycles. The van der Waals surface area contributed by atoms with Gasteiger partial charge in [0.2, 0.25) is 0 Å². The second-order valence-corrected chi connectivity index (χ2v) is 6.04. The van der Waals surface area contributed by atoms with Gasteiger partial charge in [0, 0.05) is 13.7 Å². The van der Waals surface area contributed by atoms with E-state index in [9.17, 15) is 14.7 Å². The minimum atomic E-state index is -0.940. The minimum absolute atomic E-state index is 0.0908. The molecule has 2 unspecified atom stereocenters. The molecule has 116 valence electrons. The molecule has 0 aromatic carbocycles. The number of likely N-dealkylation sites (tertiary alicyclic amines) is 1. The SMILES string of the molecule is CCC(COC)NC(=O)N1CCCC(C)(C)C1C(=O)O. The van der Waals surface area contributed by atoms with Gasteiger partial charge in [-0.25, -0.2) is 9.59 Å². The molecule has 1 saturated heterocycles. The van der Waals surface area contributed by atoms with E-state index in [1.165, 1.54) is 4.90 Å². The molecule has 6 nitrogen and oxygen atoms in total. The third-order valence-corrected chi connectivity index (χ3v) is 3.96. The fourth-order valence-electron chi connectivity index (χ4n) is 2.80. The maximum absolute atomic E-state index is 12.3. The summed E-state index contributed by atoms with van der Waals surface area (Å²) in [5.41, 5.74) is -0.412. The molecular formula is C14H26N2O4. The van der Waals surface area contributed by atoms with Crippen molar-refractivity contribution in [3.05, 3.63) is 0 Å². The van der Waals surface area contributed by atoms with Crippen molar-refractivity contribution in [2.45, 2.75) is 52.1 Å². The first-order valence-electron chi connectivity index (χ1n) is 7.12. The van der Waals surface area contributed by atoms with E-state index in [4.69, 9.17) is 4.74 Å². The quantitative estimate of drug-likeness (QED) is 0.806. The average Bonchev–Trinajstić information content (AvgIpc) is 2.35. The van der Waals surface area contributed by atoms with E-state index >= 15 is 0 Å². The molecule has 6 heteroatoms. The molecule has 0 aromatic rings. The molecule has 0 saturated carbocycles. The smallest absolute Gasteiger partial charge is 0.327 e. The number of carboxylic acid groups (broad SMARTS) is 1. The normalized spacial score (nSPS) is 23.2. The predicted octanol–water partition coefficient (Wildman–Crippen LogP) is 1.70. The Labute approximate surface area is 120 Å². The van der Waals surface area contributed by atoms with Gasteiger partial charge in [0.1, 0.15) is 6.04 Å². The van der Waals surface area contributed by atoms with Gasteiger partial charge in [0.15, 0.2) is 0 Å². The predicted molar refractivity (Wildman–Crippen MR) is 75.6 cm³/mol. The maximum Gasteiger partial charge on any atom is 0.327 e. The van der Waals surface area contributed by atoms with Gasteiger partial charge in [0.25, 0.3) is 0 Å². The van der Waals surface area contributed by atoms with E-state index < -0.39 is 17.4 Å².